The second kappa shape index (κ2) is 8.53. The van der Waals surface area contributed by atoms with Crippen LogP contribution in [0.2, 0.25) is 0 Å². The Morgan fingerprint density at radius 1 is 1.31 bits per heavy atom. The molecule has 0 amide bonds. The molecule has 0 heterocycles. The molecule has 0 bridgehead atoms. The van der Waals surface area contributed by atoms with E-state index < -0.39 is 5.41 Å². The van der Waals surface area contributed by atoms with Crippen molar-refractivity contribution in [2.75, 3.05) is 19.8 Å². The van der Waals surface area contributed by atoms with Crippen molar-refractivity contribution >= 4 is 5.97 Å². The highest BCUT2D eigenvalue weighted by Crippen LogP contribution is 2.29. The highest BCUT2D eigenvalue weighted by Gasteiger charge is 2.35. The van der Waals surface area contributed by atoms with Crippen LogP contribution in [0, 0.1) is 5.41 Å². The number of carbonyl (C=O) groups is 1. The molecule has 0 saturated carbocycles. The number of aliphatic hydroxyl groups is 1. The summed E-state index contributed by atoms with van der Waals surface area (Å²) in [5.74, 6) is -0.177. The molecule has 4 nitrogen and oxygen atoms in total. The van der Waals surface area contributed by atoms with Gasteiger partial charge in [0, 0.05) is 13.2 Å². The van der Waals surface area contributed by atoms with Crippen LogP contribution in [-0.4, -0.2) is 30.8 Å². The number of carbonyl (C=O) groups excluding carboxylic acids is 1. The number of nitrogens with two attached hydrogens (primary N) is 1. The van der Waals surface area contributed by atoms with Crippen LogP contribution in [0.25, 0.3) is 0 Å². The maximum Gasteiger partial charge on any atom is 0.313 e. The highest BCUT2D eigenvalue weighted by molar-refractivity contribution is 5.77. The second-order valence-corrected chi connectivity index (χ2v) is 4.09. The third-order valence-electron chi connectivity index (χ3n) is 3.09. The van der Waals surface area contributed by atoms with Gasteiger partial charge >= 0.3 is 5.97 Å². The van der Waals surface area contributed by atoms with Gasteiger partial charge in [0.2, 0.25) is 0 Å². The van der Waals surface area contributed by atoms with Crippen LogP contribution in [0.5, 0.6) is 0 Å². The van der Waals surface area contributed by atoms with Crippen LogP contribution in [-0.2, 0) is 9.53 Å². The number of hydrogen-bond donors (Lipinski definition) is 2. The maximum absolute atomic E-state index is 11.8. The predicted octanol–water partition coefficient (Wildman–Crippen LogP) is 1.46. The molecule has 0 aliphatic carbocycles. The first-order valence-electron chi connectivity index (χ1n) is 6.15. The minimum Gasteiger partial charge on any atom is -0.466 e. The SMILES string of the molecule is CCOC(=O)C(CC)(CN)CCCCCO. The number of esters is 1. The smallest absolute Gasteiger partial charge is 0.313 e. The van der Waals surface area contributed by atoms with Crippen molar-refractivity contribution in [2.24, 2.45) is 11.1 Å². The van der Waals surface area contributed by atoms with Gasteiger partial charge in [-0.05, 0) is 26.2 Å². The van der Waals surface area contributed by atoms with Gasteiger partial charge < -0.3 is 15.6 Å². The third kappa shape index (κ3) is 4.49. The van der Waals surface area contributed by atoms with Crippen LogP contribution in [0.1, 0.15) is 46.0 Å². The highest BCUT2D eigenvalue weighted by atomic mass is 16.5. The fraction of sp³-hybridized carbons (Fsp3) is 0.917. The summed E-state index contributed by atoms with van der Waals surface area (Å²) in [5.41, 5.74) is 5.19. The summed E-state index contributed by atoms with van der Waals surface area (Å²) in [5, 5.41) is 8.69. The summed E-state index contributed by atoms with van der Waals surface area (Å²) in [6, 6.07) is 0. The van der Waals surface area contributed by atoms with Gasteiger partial charge in [-0.25, -0.2) is 0 Å². The number of unbranched alkanes of at least 4 members (excludes halogenated alkanes) is 2. The topological polar surface area (TPSA) is 72.5 Å². The molecule has 16 heavy (non-hydrogen) atoms. The quantitative estimate of drug-likeness (QED) is 0.465. The van der Waals surface area contributed by atoms with E-state index in [1.807, 2.05) is 6.92 Å². The molecule has 1 atom stereocenters. The van der Waals surface area contributed by atoms with E-state index in [0.717, 1.165) is 25.7 Å². The maximum atomic E-state index is 11.8. The third-order valence-corrected chi connectivity index (χ3v) is 3.09. The van der Waals surface area contributed by atoms with Crippen LogP contribution in [0.15, 0.2) is 0 Å². The Morgan fingerprint density at radius 3 is 2.44 bits per heavy atom. The van der Waals surface area contributed by atoms with Crippen molar-refractivity contribution in [1.82, 2.24) is 0 Å². The van der Waals surface area contributed by atoms with E-state index in [1.54, 1.807) is 6.92 Å². The molecule has 3 N–H and O–H groups in total. The number of hydrogen-bond acceptors (Lipinski definition) is 4. The van der Waals surface area contributed by atoms with Gasteiger partial charge in [-0.3, -0.25) is 4.79 Å². The summed E-state index contributed by atoms with van der Waals surface area (Å²) >= 11 is 0. The van der Waals surface area contributed by atoms with Crippen molar-refractivity contribution in [3.63, 3.8) is 0 Å². The molecule has 0 aromatic rings. The minimum atomic E-state index is -0.522. The van der Waals surface area contributed by atoms with Crippen molar-refractivity contribution in [3.8, 4) is 0 Å². The van der Waals surface area contributed by atoms with Gasteiger partial charge in [0.1, 0.15) is 0 Å². The van der Waals surface area contributed by atoms with Gasteiger partial charge in [0.05, 0.1) is 12.0 Å². The molecule has 0 spiro atoms. The van der Waals surface area contributed by atoms with Gasteiger partial charge in [-0.2, -0.15) is 0 Å². The Hall–Kier alpha value is -0.610. The predicted molar refractivity (Wildman–Crippen MR) is 64.0 cm³/mol. The van der Waals surface area contributed by atoms with Gasteiger partial charge in [0.15, 0.2) is 0 Å². The van der Waals surface area contributed by atoms with E-state index >= 15 is 0 Å². The molecule has 0 aromatic heterocycles. The van der Waals surface area contributed by atoms with E-state index in [-0.39, 0.29) is 12.6 Å². The molecule has 0 saturated heterocycles. The molecule has 0 aliphatic heterocycles. The molecule has 0 aliphatic rings. The van der Waals surface area contributed by atoms with Crippen molar-refractivity contribution in [3.05, 3.63) is 0 Å². The average molecular weight is 231 g/mol. The summed E-state index contributed by atoms with van der Waals surface area (Å²) < 4.78 is 5.08. The largest absolute Gasteiger partial charge is 0.466 e. The molecule has 0 aromatic carbocycles. The molecule has 4 heteroatoms. The minimum absolute atomic E-state index is 0.177. The van der Waals surface area contributed by atoms with Gasteiger partial charge in [0.25, 0.3) is 0 Å². The summed E-state index contributed by atoms with van der Waals surface area (Å²) in [7, 11) is 0. The Bertz CT molecular complexity index is 191. The lowest BCUT2D eigenvalue weighted by Gasteiger charge is -2.28. The zero-order valence-corrected chi connectivity index (χ0v) is 10.5. The van der Waals surface area contributed by atoms with Crippen LogP contribution in [0.4, 0.5) is 0 Å². The number of rotatable bonds is 9. The van der Waals surface area contributed by atoms with E-state index in [9.17, 15) is 4.79 Å². The molecule has 96 valence electrons. The summed E-state index contributed by atoms with van der Waals surface area (Å²) in [4.78, 5) is 11.8. The van der Waals surface area contributed by atoms with Crippen LogP contribution in [0.3, 0.4) is 0 Å². The molecule has 1 unspecified atom stereocenters. The normalized spacial score (nSPS) is 14.5. The molecule has 0 radical (unpaired) electrons. The first kappa shape index (κ1) is 15.4. The zero-order valence-electron chi connectivity index (χ0n) is 10.5. The lowest BCUT2D eigenvalue weighted by Crippen LogP contribution is -2.39. The van der Waals surface area contributed by atoms with Gasteiger partial charge in [-0.15, -0.1) is 0 Å². The summed E-state index contributed by atoms with van der Waals surface area (Å²) in [6.45, 7) is 4.72. The fourth-order valence-electron chi connectivity index (χ4n) is 1.79. The van der Waals surface area contributed by atoms with E-state index in [0.29, 0.717) is 19.6 Å². The van der Waals surface area contributed by atoms with Crippen LogP contribution < -0.4 is 5.73 Å². The summed E-state index contributed by atoms with van der Waals surface area (Å²) in [6.07, 6.45) is 4.08. The molecular formula is C12H25NO3. The van der Waals surface area contributed by atoms with E-state index in [4.69, 9.17) is 15.6 Å². The molecule has 0 rings (SSSR count). The number of aliphatic hydroxyl groups excluding tert-OH is 1. The van der Waals surface area contributed by atoms with Crippen LogP contribution >= 0.6 is 0 Å². The second-order valence-electron chi connectivity index (χ2n) is 4.09. The van der Waals surface area contributed by atoms with Crippen molar-refractivity contribution in [1.29, 1.82) is 0 Å². The Kier molecular flexibility index (Phi) is 8.21. The van der Waals surface area contributed by atoms with Crippen molar-refractivity contribution < 1.29 is 14.6 Å². The number of ether oxygens (including phenoxy) is 1. The molecular weight excluding hydrogens is 206 g/mol. The zero-order chi connectivity index (χ0) is 12.4. The average Bonchev–Trinajstić information content (AvgIpc) is 2.30. The Morgan fingerprint density at radius 2 is 2.00 bits per heavy atom. The van der Waals surface area contributed by atoms with Crippen molar-refractivity contribution in [2.45, 2.75) is 46.0 Å². The Balaban J connectivity index is 4.26. The van der Waals surface area contributed by atoms with E-state index in [1.165, 1.54) is 0 Å². The lowest BCUT2D eigenvalue weighted by atomic mass is 9.80. The monoisotopic (exact) mass is 231 g/mol. The molecule has 0 fully saturated rings. The Labute approximate surface area is 98.2 Å². The van der Waals surface area contributed by atoms with Gasteiger partial charge in [-0.1, -0.05) is 19.8 Å². The standard InChI is InChI=1S/C12H25NO3/c1-3-12(10-13,11(15)16-4-2)8-6-5-7-9-14/h14H,3-10,13H2,1-2H3. The first-order chi connectivity index (χ1) is 7.66. The lowest BCUT2D eigenvalue weighted by molar-refractivity contribution is -0.155. The fourth-order valence-corrected chi connectivity index (χ4v) is 1.79. The van der Waals surface area contributed by atoms with E-state index in [2.05, 4.69) is 0 Å². The first-order valence-corrected chi connectivity index (χ1v) is 6.15.